The summed E-state index contributed by atoms with van der Waals surface area (Å²) in [5.41, 5.74) is 0. The van der Waals surface area contributed by atoms with Gasteiger partial charge in [0.1, 0.15) is 6.54 Å². The van der Waals surface area contributed by atoms with Crippen LogP contribution in [-0.4, -0.2) is 53.1 Å². The highest BCUT2D eigenvalue weighted by Gasteiger charge is 2.34. The Bertz CT molecular complexity index is 357. The molecule has 0 aromatic carbocycles. The minimum atomic E-state index is -1.01. The first-order valence-corrected chi connectivity index (χ1v) is 6.12. The van der Waals surface area contributed by atoms with Crippen LogP contribution in [0.3, 0.4) is 0 Å². The summed E-state index contributed by atoms with van der Waals surface area (Å²) in [5.74, 6) is -1.01. The molecular formula is C11H17N3O4. The standard InChI is InChI=1S/C11H17N3O4/c15-9-4-1-7(5-12-9)13-11(18)14(6-10(16)17)8-2-3-8/h7-8H,1-6H2,(H,12,15)(H,13,18)(H,16,17). The first-order chi connectivity index (χ1) is 8.56. The molecule has 0 aromatic rings. The number of carbonyl (C=O) groups excluding carboxylic acids is 2. The largest absolute Gasteiger partial charge is 0.480 e. The molecule has 100 valence electrons. The van der Waals surface area contributed by atoms with Crippen LogP contribution in [0.2, 0.25) is 0 Å². The highest BCUT2D eigenvalue weighted by Crippen LogP contribution is 2.26. The summed E-state index contributed by atoms with van der Waals surface area (Å²) in [6, 6.07) is -0.398. The van der Waals surface area contributed by atoms with Gasteiger partial charge in [-0.15, -0.1) is 0 Å². The van der Waals surface area contributed by atoms with E-state index in [-0.39, 0.29) is 30.6 Å². The molecule has 2 fully saturated rings. The molecule has 2 rings (SSSR count). The summed E-state index contributed by atoms with van der Waals surface area (Å²) < 4.78 is 0. The van der Waals surface area contributed by atoms with Gasteiger partial charge in [0.25, 0.3) is 0 Å². The van der Waals surface area contributed by atoms with Gasteiger partial charge in [-0.3, -0.25) is 9.59 Å². The van der Waals surface area contributed by atoms with Crippen LogP contribution in [0.5, 0.6) is 0 Å². The van der Waals surface area contributed by atoms with Gasteiger partial charge >= 0.3 is 12.0 Å². The SMILES string of the molecule is O=C(O)CN(C(=O)NC1CCC(=O)NC1)C1CC1. The van der Waals surface area contributed by atoms with Crippen LogP contribution >= 0.6 is 0 Å². The molecule has 0 bridgehead atoms. The Kier molecular flexibility index (Phi) is 3.69. The molecule has 1 saturated carbocycles. The normalized spacial score (nSPS) is 23.1. The molecule has 1 unspecified atom stereocenters. The third kappa shape index (κ3) is 3.35. The number of rotatable bonds is 4. The number of hydrogen-bond donors (Lipinski definition) is 3. The number of amides is 3. The summed E-state index contributed by atoms with van der Waals surface area (Å²) >= 11 is 0. The van der Waals surface area contributed by atoms with E-state index in [9.17, 15) is 14.4 Å². The lowest BCUT2D eigenvalue weighted by Crippen LogP contribution is -2.53. The number of nitrogens with zero attached hydrogens (tertiary/aromatic N) is 1. The molecule has 2 aliphatic rings. The van der Waals surface area contributed by atoms with E-state index < -0.39 is 5.97 Å². The summed E-state index contributed by atoms with van der Waals surface area (Å²) in [6.07, 6.45) is 2.72. The average Bonchev–Trinajstić information content (AvgIpc) is 3.12. The Hall–Kier alpha value is -1.79. The van der Waals surface area contributed by atoms with Crippen molar-refractivity contribution in [3.63, 3.8) is 0 Å². The predicted molar refractivity (Wildman–Crippen MR) is 61.9 cm³/mol. The van der Waals surface area contributed by atoms with E-state index in [0.29, 0.717) is 19.4 Å². The molecular weight excluding hydrogens is 238 g/mol. The van der Waals surface area contributed by atoms with Gasteiger partial charge in [-0.25, -0.2) is 4.79 Å². The monoisotopic (exact) mass is 255 g/mol. The second-order valence-corrected chi connectivity index (χ2v) is 4.74. The van der Waals surface area contributed by atoms with Gasteiger partial charge in [-0.2, -0.15) is 0 Å². The van der Waals surface area contributed by atoms with Gasteiger partial charge in [0.05, 0.1) is 0 Å². The van der Waals surface area contributed by atoms with Gasteiger partial charge in [-0.1, -0.05) is 0 Å². The highest BCUT2D eigenvalue weighted by molar-refractivity contribution is 5.81. The zero-order chi connectivity index (χ0) is 13.1. The molecule has 0 radical (unpaired) electrons. The van der Waals surface area contributed by atoms with Crippen LogP contribution in [0, 0.1) is 0 Å². The minimum absolute atomic E-state index is 0.00918. The Labute approximate surface area is 105 Å². The van der Waals surface area contributed by atoms with Crippen LogP contribution < -0.4 is 10.6 Å². The third-order valence-corrected chi connectivity index (χ3v) is 3.15. The zero-order valence-corrected chi connectivity index (χ0v) is 10.0. The topological polar surface area (TPSA) is 98.7 Å². The lowest BCUT2D eigenvalue weighted by Gasteiger charge is -2.27. The lowest BCUT2D eigenvalue weighted by molar-refractivity contribution is -0.137. The van der Waals surface area contributed by atoms with Crippen molar-refractivity contribution >= 4 is 17.9 Å². The Morgan fingerprint density at radius 3 is 2.61 bits per heavy atom. The quantitative estimate of drug-likeness (QED) is 0.632. The number of urea groups is 1. The van der Waals surface area contributed by atoms with Gasteiger partial charge in [0.2, 0.25) is 5.91 Å². The van der Waals surface area contributed by atoms with Crippen LogP contribution in [0.25, 0.3) is 0 Å². The van der Waals surface area contributed by atoms with Crippen molar-refractivity contribution in [2.24, 2.45) is 0 Å². The summed E-state index contributed by atoms with van der Waals surface area (Å²) in [4.78, 5) is 35.0. The Balaban J connectivity index is 1.84. The van der Waals surface area contributed by atoms with Gasteiger partial charge < -0.3 is 20.6 Å². The molecule has 7 heteroatoms. The van der Waals surface area contributed by atoms with E-state index in [1.165, 1.54) is 4.90 Å². The maximum absolute atomic E-state index is 11.9. The molecule has 18 heavy (non-hydrogen) atoms. The average molecular weight is 255 g/mol. The van der Waals surface area contributed by atoms with E-state index in [4.69, 9.17) is 5.11 Å². The number of piperidine rings is 1. The molecule has 1 aliphatic carbocycles. The molecule has 1 atom stereocenters. The predicted octanol–water partition coefficient (Wildman–Crippen LogP) is -0.476. The molecule has 7 nitrogen and oxygen atoms in total. The van der Waals surface area contributed by atoms with Crippen molar-refractivity contribution in [1.82, 2.24) is 15.5 Å². The highest BCUT2D eigenvalue weighted by atomic mass is 16.4. The van der Waals surface area contributed by atoms with Gasteiger partial charge in [0, 0.05) is 25.0 Å². The summed E-state index contributed by atoms with van der Waals surface area (Å²) in [7, 11) is 0. The Morgan fingerprint density at radius 1 is 1.39 bits per heavy atom. The van der Waals surface area contributed by atoms with Crippen molar-refractivity contribution in [3.05, 3.63) is 0 Å². The van der Waals surface area contributed by atoms with Gasteiger partial charge in [0.15, 0.2) is 0 Å². The van der Waals surface area contributed by atoms with Gasteiger partial charge in [-0.05, 0) is 19.3 Å². The van der Waals surface area contributed by atoms with Crippen LogP contribution in [-0.2, 0) is 9.59 Å². The van der Waals surface area contributed by atoms with E-state index in [2.05, 4.69) is 10.6 Å². The number of carboxylic acid groups (broad SMARTS) is 1. The van der Waals surface area contributed by atoms with Crippen molar-refractivity contribution in [3.8, 4) is 0 Å². The maximum atomic E-state index is 11.9. The first-order valence-electron chi connectivity index (χ1n) is 6.12. The van der Waals surface area contributed by atoms with E-state index >= 15 is 0 Å². The number of nitrogens with one attached hydrogen (secondary N) is 2. The van der Waals surface area contributed by atoms with Crippen molar-refractivity contribution < 1.29 is 19.5 Å². The fourth-order valence-electron chi connectivity index (χ4n) is 2.01. The summed E-state index contributed by atoms with van der Waals surface area (Å²) in [6.45, 7) is 0.145. The van der Waals surface area contributed by atoms with Crippen molar-refractivity contribution in [2.75, 3.05) is 13.1 Å². The smallest absolute Gasteiger partial charge is 0.323 e. The molecule has 3 N–H and O–H groups in total. The van der Waals surface area contributed by atoms with Crippen LogP contribution in [0.15, 0.2) is 0 Å². The molecule has 1 saturated heterocycles. The second-order valence-electron chi connectivity index (χ2n) is 4.74. The molecule has 0 aromatic heterocycles. The van der Waals surface area contributed by atoms with E-state index in [1.54, 1.807) is 0 Å². The second kappa shape index (κ2) is 5.24. The number of aliphatic carboxylic acids is 1. The fraction of sp³-hybridized carbons (Fsp3) is 0.727. The third-order valence-electron chi connectivity index (χ3n) is 3.15. The van der Waals surface area contributed by atoms with Crippen LogP contribution in [0.4, 0.5) is 4.79 Å². The molecule has 0 spiro atoms. The Morgan fingerprint density at radius 2 is 2.11 bits per heavy atom. The maximum Gasteiger partial charge on any atom is 0.323 e. The van der Waals surface area contributed by atoms with E-state index in [1.807, 2.05) is 0 Å². The number of carbonyl (C=O) groups is 3. The van der Waals surface area contributed by atoms with Crippen molar-refractivity contribution in [1.29, 1.82) is 0 Å². The van der Waals surface area contributed by atoms with Crippen molar-refractivity contribution in [2.45, 2.75) is 37.8 Å². The summed E-state index contributed by atoms with van der Waals surface area (Å²) in [5, 5.41) is 14.2. The molecule has 1 heterocycles. The van der Waals surface area contributed by atoms with E-state index in [0.717, 1.165) is 12.8 Å². The number of carboxylic acids is 1. The van der Waals surface area contributed by atoms with Crippen LogP contribution in [0.1, 0.15) is 25.7 Å². The lowest BCUT2D eigenvalue weighted by atomic mass is 10.1. The molecule has 3 amide bonds. The minimum Gasteiger partial charge on any atom is -0.480 e. The first kappa shape index (κ1) is 12.7. The fourth-order valence-corrected chi connectivity index (χ4v) is 2.01. The molecule has 1 aliphatic heterocycles. The zero-order valence-electron chi connectivity index (χ0n) is 10.0. The number of hydrogen-bond acceptors (Lipinski definition) is 3.